The molecule has 0 bridgehead atoms. The van der Waals surface area contributed by atoms with Crippen molar-refractivity contribution in [2.24, 2.45) is 0 Å². The summed E-state index contributed by atoms with van der Waals surface area (Å²) >= 11 is 6.22. The van der Waals surface area contributed by atoms with Gasteiger partial charge in [0.2, 0.25) is 5.88 Å². The molecule has 0 aliphatic rings. The quantitative estimate of drug-likeness (QED) is 0.569. The van der Waals surface area contributed by atoms with Crippen LogP contribution >= 0.6 is 11.6 Å². The Morgan fingerprint density at radius 1 is 1.29 bits per heavy atom. The maximum Gasteiger partial charge on any atom is 0.224 e. The summed E-state index contributed by atoms with van der Waals surface area (Å²) in [6.45, 7) is 0. The lowest BCUT2D eigenvalue weighted by Crippen LogP contribution is -1.91. The topological polar surface area (TPSA) is 65.5 Å². The number of imidazole rings is 1. The number of hydrogen-bond donors (Lipinski definition) is 0. The molecule has 0 aliphatic heterocycles. The summed E-state index contributed by atoms with van der Waals surface area (Å²) in [6, 6.07) is 7.22. The predicted octanol–water partition coefficient (Wildman–Crippen LogP) is 3.20. The maximum absolute atomic E-state index is 6.22. The maximum atomic E-state index is 6.22. The molecule has 0 aromatic carbocycles. The van der Waals surface area contributed by atoms with Gasteiger partial charge in [0.25, 0.3) is 0 Å². The number of methoxy groups -OCH3 is 1. The lowest BCUT2D eigenvalue weighted by Gasteiger charge is -1.96. The molecular weight excluding hydrogens is 292 g/mol. The van der Waals surface area contributed by atoms with Crippen LogP contribution in [0.15, 0.2) is 41.1 Å². The molecule has 0 radical (unpaired) electrons. The second-order valence-electron chi connectivity index (χ2n) is 4.39. The molecule has 0 aliphatic carbocycles. The zero-order valence-corrected chi connectivity index (χ0v) is 11.7. The number of aromatic nitrogens is 4. The molecule has 104 valence electrons. The highest BCUT2D eigenvalue weighted by atomic mass is 35.5. The standard InChI is InChI=1S/C14H9ClN4O2/c1-20-14-8-7-10(21-9(8)4-6-16-14)12-13(15)18-11-3-2-5-17-19(11)12/h2-7H,1H3. The van der Waals surface area contributed by atoms with Gasteiger partial charge < -0.3 is 9.15 Å². The van der Waals surface area contributed by atoms with Crippen LogP contribution in [0.5, 0.6) is 5.88 Å². The summed E-state index contributed by atoms with van der Waals surface area (Å²) in [7, 11) is 1.57. The van der Waals surface area contributed by atoms with Crippen molar-refractivity contribution in [1.82, 2.24) is 19.6 Å². The molecule has 0 atom stereocenters. The van der Waals surface area contributed by atoms with Gasteiger partial charge in [0.05, 0.1) is 12.5 Å². The van der Waals surface area contributed by atoms with Crippen molar-refractivity contribution in [3.05, 3.63) is 41.8 Å². The second kappa shape index (κ2) is 4.46. The Morgan fingerprint density at radius 3 is 3.05 bits per heavy atom. The van der Waals surface area contributed by atoms with Crippen molar-refractivity contribution in [3.8, 4) is 17.3 Å². The van der Waals surface area contributed by atoms with Gasteiger partial charge in [-0.2, -0.15) is 5.10 Å². The number of fused-ring (bicyclic) bond motifs is 2. The van der Waals surface area contributed by atoms with Crippen LogP contribution in [0.3, 0.4) is 0 Å². The average Bonchev–Trinajstić information content (AvgIpc) is 3.05. The number of hydrogen-bond acceptors (Lipinski definition) is 5. The van der Waals surface area contributed by atoms with E-state index in [1.165, 1.54) is 0 Å². The Morgan fingerprint density at radius 2 is 2.19 bits per heavy atom. The van der Waals surface area contributed by atoms with Gasteiger partial charge in [0, 0.05) is 18.5 Å². The molecule has 21 heavy (non-hydrogen) atoms. The highest BCUT2D eigenvalue weighted by molar-refractivity contribution is 6.32. The molecule has 4 heterocycles. The number of pyridine rings is 1. The Balaban J connectivity index is 2.03. The van der Waals surface area contributed by atoms with Crippen LogP contribution in [-0.4, -0.2) is 26.7 Å². The zero-order chi connectivity index (χ0) is 14.4. The fraction of sp³-hybridized carbons (Fsp3) is 0.0714. The van der Waals surface area contributed by atoms with Crippen molar-refractivity contribution >= 4 is 28.2 Å². The molecule has 4 aromatic rings. The van der Waals surface area contributed by atoms with Gasteiger partial charge in [-0.05, 0) is 18.2 Å². The van der Waals surface area contributed by atoms with Crippen LogP contribution in [0.25, 0.3) is 28.1 Å². The number of furan rings is 1. The molecule has 7 heteroatoms. The van der Waals surface area contributed by atoms with Gasteiger partial charge in [0.1, 0.15) is 11.3 Å². The van der Waals surface area contributed by atoms with Gasteiger partial charge in [-0.25, -0.2) is 14.5 Å². The smallest absolute Gasteiger partial charge is 0.224 e. The van der Waals surface area contributed by atoms with Crippen LogP contribution in [-0.2, 0) is 0 Å². The van der Waals surface area contributed by atoms with E-state index in [1.54, 1.807) is 36.2 Å². The van der Waals surface area contributed by atoms with Gasteiger partial charge >= 0.3 is 0 Å². The summed E-state index contributed by atoms with van der Waals surface area (Å²) in [4.78, 5) is 8.41. The summed E-state index contributed by atoms with van der Waals surface area (Å²) in [5, 5.41) is 5.36. The highest BCUT2D eigenvalue weighted by Crippen LogP contribution is 2.35. The van der Waals surface area contributed by atoms with Crippen molar-refractivity contribution < 1.29 is 9.15 Å². The Labute approximate surface area is 123 Å². The first-order chi connectivity index (χ1) is 10.3. The van der Waals surface area contributed by atoms with Crippen LogP contribution in [0.2, 0.25) is 5.15 Å². The third-order valence-electron chi connectivity index (χ3n) is 3.19. The second-order valence-corrected chi connectivity index (χ2v) is 4.75. The summed E-state index contributed by atoms with van der Waals surface area (Å²) in [6.07, 6.45) is 3.29. The molecule has 6 nitrogen and oxygen atoms in total. The van der Waals surface area contributed by atoms with Gasteiger partial charge in [-0.1, -0.05) is 11.6 Å². The first kappa shape index (κ1) is 12.2. The third-order valence-corrected chi connectivity index (χ3v) is 3.45. The number of rotatable bonds is 2. The Kier molecular flexibility index (Phi) is 2.58. The minimum Gasteiger partial charge on any atom is -0.480 e. The van der Waals surface area contributed by atoms with Gasteiger partial charge in [-0.15, -0.1) is 0 Å². The van der Waals surface area contributed by atoms with Crippen LogP contribution in [0.1, 0.15) is 0 Å². The highest BCUT2D eigenvalue weighted by Gasteiger charge is 2.19. The van der Waals surface area contributed by atoms with E-state index in [0.717, 1.165) is 5.39 Å². The van der Waals surface area contributed by atoms with Crippen molar-refractivity contribution in [3.63, 3.8) is 0 Å². The molecule has 0 unspecified atom stereocenters. The van der Waals surface area contributed by atoms with E-state index < -0.39 is 0 Å². The normalized spacial score (nSPS) is 11.3. The first-order valence-corrected chi connectivity index (χ1v) is 6.58. The van der Waals surface area contributed by atoms with Gasteiger partial charge in [-0.3, -0.25) is 0 Å². The van der Waals surface area contributed by atoms with Crippen LogP contribution in [0.4, 0.5) is 0 Å². The SMILES string of the molecule is COc1nccc2oc(-c3c(Cl)nc4cccnn34)cc12. The molecule has 0 saturated heterocycles. The molecule has 0 spiro atoms. The third kappa shape index (κ3) is 1.76. The molecule has 0 saturated carbocycles. The van der Waals surface area contributed by atoms with E-state index in [9.17, 15) is 0 Å². The largest absolute Gasteiger partial charge is 0.480 e. The number of halogens is 1. The van der Waals surface area contributed by atoms with Crippen molar-refractivity contribution in [1.29, 1.82) is 0 Å². The molecule has 0 fully saturated rings. The lowest BCUT2D eigenvalue weighted by molar-refractivity contribution is 0.403. The van der Waals surface area contributed by atoms with E-state index in [1.807, 2.05) is 12.1 Å². The van der Waals surface area contributed by atoms with Crippen LogP contribution < -0.4 is 4.74 Å². The molecule has 0 amide bonds. The van der Waals surface area contributed by atoms with Crippen molar-refractivity contribution in [2.45, 2.75) is 0 Å². The molecular formula is C14H9ClN4O2. The molecule has 4 rings (SSSR count). The van der Waals surface area contributed by atoms with Crippen molar-refractivity contribution in [2.75, 3.05) is 7.11 Å². The Hall–Kier alpha value is -2.60. The predicted molar refractivity (Wildman–Crippen MR) is 77.6 cm³/mol. The summed E-state index contributed by atoms with van der Waals surface area (Å²) in [5.41, 5.74) is 1.92. The average molecular weight is 301 g/mol. The fourth-order valence-electron chi connectivity index (χ4n) is 2.29. The van der Waals surface area contributed by atoms with Gasteiger partial charge in [0.15, 0.2) is 16.6 Å². The van der Waals surface area contributed by atoms with E-state index in [0.29, 0.717) is 33.7 Å². The van der Waals surface area contributed by atoms with Crippen LogP contribution in [0, 0.1) is 0 Å². The van der Waals surface area contributed by atoms with E-state index in [2.05, 4.69) is 15.1 Å². The number of ether oxygens (including phenoxy) is 1. The summed E-state index contributed by atoms with van der Waals surface area (Å²) in [5.74, 6) is 1.06. The fourth-order valence-corrected chi connectivity index (χ4v) is 2.55. The molecule has 0 N–H and O–H groups in total. The van der Waals surface area contributed by atoms with E-state index in [4.69, 9.17) is 20.8 Å². The Bertz CT molecular complexity index is 960. The minimum absolute atomic E-state index is 0.333. The van der Waals surface area contributed by atoms with E-state index >= 15 is 0 Å². The lowest BCUT2D eigenvalue weighted by atomic mass is 10.3. The zero-order valence-electron chi connectivity index (χ0n) is 10.9. The first-order valence-electron chi connectivity index (χ1n) is 6.20. The summed E-state index contributed by atoms with van der Waals surface area (Å²) < 4.78 is 12.7. The monoisotopic (exact) mass is 300 g/mol. The molecule has 4 aromatic heterocycles. The van der Waals surface area contributed by atoms with E-state index in [-0.39, 0.29) is 0 Å². The number of nitrogens with zero attached hydrogens (tertiary/aromatic N) is 4. The minimum atomic E-state index is 0.333.